The van der Waals surface area contributed by atoms with Gasteiger partial charge >= 0.3 is 0 Å². The predicted octanol–water partition coefficient (Wildman–Crippen LogP) is 3.88. The fraction of sp³-hybridized carbons (Fsp3) is 0.235. The highest BCUT2D eigenvalue weighted by Crippen LogP contribution is 2.28. The van der Waals surface area contributed by atoms with Crippen molar-refractivity contribution in [3.05, 3.63) is 59.2 Å². The minimum atomic E-state index is -0.388. The lowest BCUT2D eigenvalue weighted by Gasteiger charge is -2.13. The van der Waals surface area contributed by atoms with Crippen molar-refractivity contribution in [2.24, 2.45) is 5.73 Å². The Bertz CT molecular complexity index is 614. The molecule has 0 unspecified atom stereocenters. The van der Waals surface area contributed by atoms with Crippen LogP contribution in [0.25, 0.3) is 11.1 Å². The van der Waals surface area contributed by atoms with E-state index in [0.717, 1.165) is 11.1 Å². The Hall–Kier alpha value is -2.09. The summed E-state index contributed by atoms with van der Waals surface area (Å²) in [5.41, 5.74) is 10.5. The summed E-state index contributed by atoms with van der Waals surface area (Å²) in [4.78, 5) is 11.5. The maximum absolute atomic E-state index is 11.5. The molecule has 19 heavy (non-hydrogen) atoms. The van der Waals surface area contributed by atoms with Crippen molar-refractivity contribution >= 4 is 5.91 Å². The van der Waals surface area contributed by atoms with Crippen LogP contribution in [0.3, 0.4) is 0 Å². The SMILES string of the molecule is Cc1cc(-c2ccccc2C(N)=O)ccc1C(C)C. The average Bonchev–Trinajstić information content (AvgIpc) is 2.38. The molecular weight excluding hydrogens is 234 g/mol. The van der Waals surface area contributed by atoms with E-state index in [2.05, 4.69) is 39.0 Å². The second-order valence-electron chi connectivity index (χ2n) is 5.14. The van der Waals surface area contributed by atoms with Gasteiger partial charge in [0.05, 0.1) is 0 Å². The van der Waals surface area contributed by atoms with Gasteiger partial charge in [-0.05, 0) is 41.2 Å². The number of benzene rings is 2. The first-order valence-corrected chi connectivity index (χ1v) is 6.50. The molecule has 2 nitrogen and oxygen atoms in total. The van der Waals surface area contributed by atoms with E-state index >= 15 is 0 Å². The van der Waals surface area contributed by atoms with E-state index in [-0.39, 0.29) is 5.91 Å². The maximum Gasteiger partial charge on any atom is 0.249 e. The van der Waals surface area contributed by atoms with E-state index < -0.39 is 0 Å². The Balaban J connectivity index is 2.54. The molecule has 0 saturated carbocycles. The van der Waals surface area contributed by atoms with Crippen molar-refractivity contribution in [2.75, 3.05) is 0 Å². The topological polar surface area (TPSA) is 43.1 Å². The van der Waals surface area contributed by atoms with E-state index in [1.54, 1.807) is 6.07 Å². The molecule has 0 aliphatic rings. The van der Waals surface area contributed by atoms with Gasteiger partial charge in [-0.15, -0.1) is 0 Å². The summed E-state index contributed by atoms with van der Waals surface area (Å²) in [6.07, 6.45) is 0. The van der Waals surface area contributed by atoms with E-state index in [1.165, 1.54) is 11.1 Å². The molecule has 0 saturated heterocycles. The van der Waals surface area contributed by atoms with Gasteiger partial charge in [0.1, 0.15) is 0 Å². The van der Waals surface area contributed by atoms with Gasteiger partial charge in [-0.25, -0.2) is 0 Å². The van der Waals surface area contributed by atoms with Gasteiger partial charge in [0.2, 0.25) is 5.91 Å². The number of amides is 1. The lowest BCUT2D eigenvalue weighted by molar-refractivity contribution is 0.100. The number of nitrogens with two attached hydrogens (primary N) is 1. The highest BCUT2D eigenvalue weighted by molar-refractivity contribution is 5.99. The van der Waals surface area contributed by atoms with Crippen LogP contribution >= 0.6 is 0 Å². The molecule has 0 aromatic heterocycles. The van der Waals surface area contributed by atoms with Crippen LogP contribution in [-0.2, 0) is 0 Å². The Kier molecular flexibility index (Phi) is 3.70. The van der Waals surface area contributed by atoms with Crippen LogP contribution in [0.1, 0.15) is 41.3 Å². The lowest BCUT2D eigenvalue weighted by Crippen LogP contribution is -2.12. The van der Waals surface area contributed by atoms with E-state index in [1.807, 2.05) is 18.2 Å². The van der Waals surface area contributed by atoms with E-state index in [9.17, 15) is 4.79 Å². The lowest BCUT2D eigenvalue weighted by atomic mass is 9.92. The Morgan fingerprint density at radius 1 is 1.11 bits per heavy atom. The van der Waals surface area contributed by atoms with Crippen LogP contribution in [0, 0.1) is 6.92 Å². The number of rotatable bonds is 3. The molecule has 0 aliphatic carbocycles. The molecule has 0 heterocycles. The number of primary amides is 1. The first-order valence-electron chi connectivity index (χ1n) is 6.50. The van der Waals surface area contributed by atoms with Crippen molar-refractivity contribution in [1.82, 2.24) is 0 Å². The molecule has 0 bridgehead atoms. The number of aryl methyl sites for hydroxylation is 1. The van der Waals surface area contributed by atoms with Crippen LogP contribution in [0.2, 0.25) is 0 Å². The van der Waals surface area contributed by atoms with Gasteiger partial charge in [0.25, 0.3) is 0 Å². The van der Waals surface area contributed by atoms with E-state index in [4.69, 9.17) is 5.73 Å². The van der Waals surface area contributed by atoms with Gasteiger partial charge in [-0.2, -0.15) is 0 Å². The molecule has 0 spiro atoms. The Morgan fingerprint density at radius 3 is 2.37 bits per heavy atom. The number of hydrogen-bond donors (Lipinski definition) is 1. The summed E-state index contributed by atoms with van der Waals surface area (Å²) in [5.74, 6) is 0.113. The van der Waals surface area contributed by atoms with Gasteiger partial charge in [-0.1, -0.05) is 50.2 Å². The first kappa shape index (κ1) is 13.3. The quantitative estimate of drug-likeness (QED) is 0.886. The molecule has 98 valence electrons. The third kappa shape index (κ3) is 2.68. The standard InChI is InChI=1S/C17H19NO/c1-11(2)14-9-8-13(10-12(14)3)15-6-4-5-7-16(15)17(18)19/h4-11H,1-3H3,(H2,18,19). The maximum atomic E-state index is 11.5. The monoisotopic (exact) mass is 253 g/mol. The van der Waals surface area contributed by atoms with Gasteiger partial charge < -0.3 is 5.73 Å². The molecule has 2 heteroatoms. The fourth-order valence-corrected chi connectivity index (χ4v) is 2.44. The molecule has 0 fully saturated rings. The minimum absolute atomic E-state index is 0.388. The fourth-order valence-electron chi connectivity index (χ4n) is 2.44. The van der Waals surface area contributed by atoms with Crippen molar-refractivity contribution < 1.29 is 4.79 Å². The molecule has 0 radical (unpaired) electrons. The summed E-state index contributed by atoms with van der Waals surface area (Å²) in [6.45, 7) is 6.46. The third-order valence-electron chi connectivity index (χ3n) is 3.40. The molecule has 0 aliphatic heterocycles. The average molecular weight is 253 g/mol. The molecule has 2 aromatic rings. The Morgan fingerprint density at radius 2 is 1.79 bits per heavy atom. The summed E-state index contributed by atoms with van der Waals surface area (Å²) in [7, 11) is 0. The van der Waals surface area contributed by atoms with Crippen molar-refractivity contribution in [1.29, 1.82) is 0 Å². The Labute approximate surface area is 114 Å². The molecule has 2 rings (SSSR count). The predicted molar refractivity (Wildman–Crippen MR) is 79.2 cm³/mol. The summed E-state index contributed by atoms with van der Waals surface area (Å²) >= 11 is 0. The summed E-state index contributed by atoms with van der Waals surface area (Å²) < 4.78 is 0. The zero-order valence-corrected chi connectivity index (χ0v) is 11.6. The third-order valence-corrected chi connectivity index (χ3v) is 3.40. The normalized spacial score (nSPS) is 10.7. The summed E-state index contributed by atoms with van der Waals surface area (Å²) in [6, 6.07) is 13.8. The number of carbonyl (C=O) groups is 1. The van der Waals surface area contributed by atoms with Crippen molar-refractivity contribution in [2.45, 2.75) is 26.7 Å². The van der Waals surface area contributed by atoms with Crippen molar-refractivity contribution in [3.8, 4) is 11.1 Å². The summed E-state index contributed by atoms with van der Waals surface area (Å²) in [5, 5.41) is 0. The molecule has 2 N–H and O–H groups in total. The van der Waals surface area contributed by atoms with Crippen LogP contribution in [0.5, 0.6) is 0 Å². The zero-order chi connectivity index (χ0) is 14.0. The first-order chi connectivity index (χ1) is 9.00. The number of carbonyl (C=O) groups excluding carboxylic acids is 1. The van der Waals surface area contributed by atoms with Crippen molar-refractivity contribution in [3.63, 3.8) is 0 Å². The molecular formula is C17H19NO. The minimum Gasteiger partial charge on any atom is -0.366 e. The second-order valence-corrected chi connectivity index (χ2v) is 5.14. The van der Waals surface area contributed by atoms with Gasteiger partial charge in [0, 0.05) is 5.56 Å². The molecule has 2 aromatic carbocycles. The second kappa shape index (κ2) is 5.27. The van der Waals surface area contributed by atoms with E-state index in [0.29, 0.717) is 11.5 Å². The van der Waals surface area contributed by atoms with Gasteiger partial charge in [-0.3, -0.25) is 4.79 Å². The highest BCUT2D eigenvalue weighted by atomic mass is 16.1. The molecule has 1 amide bonds. The van der Waals surface area contributed by atoms with Crippen LogP contribution in [0.15, 0.2) is 42.5 Å². The highest BCUT2D eigenvalue weighted by Gasteiger charge is 2.11. The largest absolute Gasteiger partial charge is 0.366 e. The van der Waals surface area contributed by atoms with Crippen LogP contribution in [0.4, 0.5) is 0 Å². The molecule has 0 atom stereocenters. The number of hydrogen-bond acceptors (Lipinski definition) is 1. The zero-order valence-electron chi connectivity index (χ0n) is 11.6. The van der Waals surface area contributed by atoms with Crippen LogP contribution in [-0.4, -0.2) is 5.91 Å². The smallest absolute Gasteiger partial charge is 0.249 e. The van der Waals surface area contributed by atoms with Gasteiger partial charge in [0.15, 0.2) is 0 Å². The van der Waals surface area contributed by atoms with Crippen LogP contribution < -0.4 is 5.73 Å².